The summed E-state index contributed by atoms with van der Waals surface area (Å²) in [6.07, 6.45) is 0. The van der Waals surface area contributed by atoms with Crippen LogP contribution in [-0.2, 0) is 0 Å². The zero-order valence-electron chi connectivity index (χ0n) is 9.42. The predicted molar refractivity (Wildman–Crippen MR) is 63.7 cm³/mol. The molecule has 0 bridgehead atoms. The first-order valence-corrected chi connectivity index (χ1v) is 4.90. The molecular formula is C11H6BFN4O2. The van der Waals surface area contributed by atoms with Gasteiger partial charge in [0, 0.05) is 11.2 Å². The van der Waals surface area contributed by atoms with Crippen molar-refractivity contribution in [1.29, 1.82) is 15.8 Å². The second-order valence-electron chi connectivity index (χ2n) is 3.32. The molecule has 6 nitrogen and oxygen atoms in total. The lowest BCUT2D eigenvalue weighted by Gasteiger charge is -2.07. The van der Waals surface area contributed by atoms with Crippen LogP contribution in [0.25, 0.3) is 0 Å². The summed E-state index contributed by atoms with van der Waals surface area (Å²) in [6, 6.07) is 7.93. The first kappa shape index (κ1) is 14.2. The molecule has 0 saturated heterocycles. The molecule has 0 aliphatic heterocycles. The van der Waals surface area contributed by atoms with Gasteiger partial charge in [-0.15, -0.1) is 0 Å². The van der Waals surface area contributed by atoms with Crippen LogP contribution in [0.15, 0.2) is 29.5 Å². The van der Waals surface area contributed by atoms with Crippen molar-refractivity contribution >= 4 is 18.3 Å². The zero-order chi connectivity index (χ0) is 14.4. The number of nitrogens with one attached hydrogen (secondary N) is 1. The molecule has 0 fully saturated rings. The van der Waals surface area contributed by atoms with Gasteiger partial charge in [-0.05, 0) is 18.2 Å². The van der Waals surface area contributed by atoms with Crippen LogP contribution >= 0.6 is 0 Å². The molecular weight excluding hydrogens is 250 g/mol. The lowest BCUT2D eigenvalue weighted by molar-refractivity contribution is 0.423. The fourth-order valence-corrected chi connectivity index (χ4v) is 1.25. The van der Waals surface area contributed by atoms with Crippen LogP contribution in [0, 0.1) is 39.8 Å². The molecule has 0 unspecified atom stereocenters. The van der Waals surface area contributed by atoms with Crippen molar-refractivity contribution in [3.05, 3.63) is 35.3 Å². The SMILES string of the molecule is N#CC(C#N)=C(C#N)Nc1ccc(F)c(B(O)O)c1. The van der Waals surface area contributed by atoms with Gasteiger partial charge in [-0.25, -0.2) is 4.39 Å². The van der Waals surface area contributed by atoms with Crippen molar-refractivity contribution in [2.24, 2.45) is 0 Å². The lowest BCUT2D eigenvalue weighted by Crippen LogP contribution is -2.32. The van der Waals surface area contributed by atoms with Crippen LogP contribution < -0.4 is 10.8 Å². The smallest absolute Gasteiger partial charge is 0.423 e. The largest absolute Gasteiger partial charge is 0.491 e. The number of nitrogens with zero attached hydrogens (tertiary/aromatic N) is 3. The monoisotopic (exact) mass is 256 g/mol. The number of hydrogen-bond donors (Lipinski definition) is 3. The number of nitriles is 3. The molecule has 0 aromatic heterocycles. The minimum Gasteiger partial charge on any atom is -0.423 e. The van der Waals surface area contributed by atoms with Crippen LogP contribution in [-0.4, -0.2) is 17.2 Å². The van der Waals surface area contributed by atoms with Gasteiger partial charge in [0.25, 0.3) is 0 Å². The molecule has 0 heterocycles. The summed E-state index contributed by atoms with van der Waals surface area (Å²) >= 11 is 0. The van der Waals surface area contributed by atoms with Gasteiger partial charge in [-0.2, -0.15) is 15.8 Å². The Hall–Kier alpha value is -2.86. The van der Waals surface area contributed by atoms with Crippen molar-refractivity contribution in [3.8, 4) is 18.2 Å². The molecule has 8 heteroatoms. The van der Waals surface area contributed by atoms with Gasteiger partial charge >= 0.3 is 7.12 Å². The Morgan fingerprint density at radius 2 is 1.79 bits per heavy atom. The van der Waals surface area contributed by atoms with Crippen LogP contribution in [0.4, 0.5) is 10.1 Å². The lowest BCUT2D eigenvalue weighted by atomic mass is 9.79. The molecule has 0 amide bonds. The topological polar surface area (TPSA) is 124 Å². The normalized spacial score (nSPS) is 8.63. The molecule has 0 spiro atoms. The second-order valence-corrected chi connectivity index (χ2v) is 3.32. The summed E-state index contributed by atoms with van der Waals surface area (Å²) in [5, 5.41) is 46.4. The minimum atomic E-state index is -2.01. The van der Waals surface area contributed by atoms with Gasteiger partial charge < -0.3 is 15.4 Å². The van der Waals surface area contributed by atoms with Crippen molar-refractivity contribution in [3.63, 3.8) is 0 Å². The van der Waals surface area contributed by atoms with Gasteiger partial charge in [0.15, 0.2) is 5.57 Å². The van der Waals surface area contributed by atoms with Crippen molar-refractivity contribution in [2.75, 3.05) is 5.32 Å². The molecule has 3 N–H and O–H groups in total. The van der Waals surface area contributed by atoms with E-state index in [1.165, 1.54) is 18.2 Å². The molecule has 92 valence electrons. The van der Waals surface area contributed by atoms with E-state index in [1.54, 1.807) is 6.07 Å². The quantitative estimate of drug-likeness (QED) is 0.505. The summed E-state index contributed by atoms with van der Waals surface area (Å²) in [4.78, 5) is 0. The summed E-state index contributed by atoms with van der Waals surface area (Å²) < 4.78 is 13.2. The van der Waals surface area contributed by atoms with Gasteiger partial charge in [0.05, 0.1) is 0 Å². The van der Waals surface area contributed by atoms with E-state index in [0.29, 0.717) is 0 Å². The van der Waals surface area contributed by atoms with Crippen LogP contribution in [0.1, 0.15) is 0 Å². The highest BCUT2D eigenvalue weighted by Gasteiger charge is 2.17. The summed E-state index contributed by atoms with van der Waals surface area (Å²) in [5.74, 6) is -0.830. The van der Waals surface area contributed by atoms with Crippen LogP contribution in [0.3, 0.4) is 0 Å². The number of anilines is 1. The predicted octanol–water partition coefficient (Wildman–Crippen LogP) is -0.258. The Labute approximate surface area is 108 Å². The number of rotatable bonds is 3. The Balaban J connectivity index is 3.19. The molecule has 0 saturated carbocycles. The van der Waals surface area contributed by atoms with E-state index < -0.39 is 24.0 Å². The number of halogens is 1. The third-order valence-electron chi connectivity index (χ3n) is 2.13. The zero-order valence-corrected chi connectivity index (χ0v) is 9.42. The first-order valence-electron chi connectivity index (χ1n) is 4.90. The third kappa shape index (κ3) is 3.30. The van der Waals surface area contributed by atoms with E-state index in [-0.39, 0.29) is 11.4 Å². The summed E-state index contributed by atoms with van der Waals surface area (Å²) in [7, 11) is -2.01. The van der Waals surface area contributed by atoms with E-state index in [0.717, 1.165) is 12.1 Å². The fraction of sp³-hybridized carbons (Fsp3) is 0. The van der Waals surface area contributed by atoms with Crippen LogP contribution in [0.5, 0.6) is 0 Å². The first-order chi connectivity index (χ1) is 9.03. The van der Waals surface area contributed by atoms with E-state index in [9.17, 15) is 4.39 Å². The molecule has 0 aliphatic carbocycles. The molecule has 19 heavy (non-hydrogen) atoms. The van der Waals surface area contributed by atoms with E-state index in [4.69, 9.17) is 25.8 Å². The van der Waals surface area contributed by atoms with E-state index >= 15 is 0 Å². The van der Waals surface area contributed by atoms with E-state index in [1.807, 2.05) is 0 Å². The highest BCUT2D eigenvalue weighted by Crippen LogP contribution is 2.12. The third-order valence-corrected chi connectivity index (χ3v) is 2.13. The van der Waals surface area contributed by atoms with Crippen LogP contribution in [0.2, 0.25) is 0 Å². The van der Waals surface area contributed by atoms with Crippen molar-refractivity contribution in [2.45, 2.75) is 0 Å². The second kappa shape index (κ2) is 6.18. The number of benzene rings is 1. The van der Waals surface area contributed by atoms with Gasteiger partial charge in [-0.3, -0.25) is 0 Å². The molecule has 0 atom stereocenters. The maximum absolute atomic E-state index is 13.2. The Morgan fingerprint density at radius 3 is 2.26 bits per heavy atom. The highest BCUT2D eigenvalue weighted by atomic mass is 19.1. The summed E-state index contributed by atoms with van der Waals surface area (Å²) in [5.41, 5.74) is -0.991. The average molecular weight is 256 g/mol. The highest BCUT2D eigenvalue weighted by molar-refractivity contribution is 6.58. The number of allylic oxidation sites excluding steroid dienone is 2. The fourth-order valence-electron chi connectivity index (χ4n) is 1.25. The molecule has 1 aromatic carbocycles. The Bertz CT molecular complexity index is 636. The van der Waals surface area contributed by atoms with Crippen molar-refractivity contribution < 1.29 is 14.4 Å². The Morgan fingerprint density at radius 1 is 1.16 bits per heavy atom. The maximum Gasteiger partial charge on any atom is 0.491 e. The standard InChI is InChI=1S/C11H6BFN4O2/c13-10-2-1-8(3-9(10)12(18)19)17-11(6-16)7(4-14)5-15/h1-3,17-19H. The van der Waals surface area contributed by atoms with Gasteiger partial charge in [0.2, 0.25) is 0 Å². The van der Waals surface area contributed by atoms with Crippen molar-refractivity contribution in [1.82, 2.24) is 0 Å². The maximum atomic E-state index is 13.2. The minimum absolute atomic E-state index is 0.143. The summed E-state index contributed by atoms with van der Waals surface area (Å²) in [6.45, 7) is 0. The molecule has 0 radical (unpaired) electrons. The van der Waals surface area contributed by atoms with E-state index in [2.05, 4.69) is 5.32 Å². The molecule has 1 rings (SSSR count). The van der Waals surface area contributed by atoms with Gasteiger partial charge in [-0.1, -0.05) is 0 Å². The van der Waals surface area contributed by atoms with Gasteiger partial charge in [0.1, 0.15) is 29.7 Å². The molecule has 0 aliphatic rings. The molecule has 1 aromatic rings. The Kier molecular flexibility index (Phi) is 4.62. The average Bonchev–Trinajstić information content (AvgIpc) is 2.40. The number of hydrogen-bond acceptors (Lipinski definition) is 6.